The van der Waals surface area contributed by atoms with Crippen molar-refractivity contribution in [1.29, 1.82) is 0 Å². The van der Waals surface area contributed by atoms with Crippen LogP contribution in [0.3, 0.4) is 0 Å². The number of carbonyl (C=O) groups is 1. The van der Waals surface area contributed by atoms with Gasteiger partial charge >= 0.3 is 0 Å². The van der Waals surface area contributed by atoms with E-state index in [0.717, 1.165) is 57.6 Å². The second-order valence-corrected chi connectivity index (χ2v) is 6.35. The lowest BCUT2D eigenvalue weighted by Gasteiger charge is -2.23. The molecule has 1 aromatic rings. The van der Waals surface area contributed by atoms with Crippen LogP contribution in [0.2, 0.25) is 0 Å². The summed E-state index contributed by atoms with van der Waals surface area (Å²) in [6.45, 7) is 1.58. The average Bonchev–Trinajstić information content (AvgIpc) is 2.94. The third kappa shape index (κ3) is 2.69. The van der Waals surface area contributed by atoms with Crippen molar-refractivity contribution in [3.63, 3.8) is 0 Å². The highest BCUT2D eigenvalue weighted by Crippen LogP contribution is 2.40. The van der Waals surface area contributed by atoms with E-state index in [-0.39, 0.29) is 18.1 Å². The summed E-state index contributed by atoms with van der Waals surface area (Å²) >= 11 is 0. The van der Waals surface area contributed by atoms with Gasteiger partial charge in [-0.3, -0.25) is 4.79 Å². The Morgan fingerprint density at radius 3 is 2.90 bits per heavy atom. The lowest BCUT2D eigenvalue weighted by atomic mass is 10.1. The molecule has 0 radical (unpaired) electrons. The van der Waals surface area contributed by atoms with E-state index in [2.05, 4.69) is 10.1 Å². The van der Waals surface area contributed by atoms with Crippen LogP contribution < -0.4 is 0 Å². The summed E-state index contributed by atoms with van der Waals surface area (Å²) in [4.78, 5) is 18.9. The molecule has 3 aliphatic rings. The number of hydrogen-bond acceptors (Lipinski definition) is 5. The number of amides is 1. The van der Waals surface area contributed by atoms with Crippen LogP contribution in [-0.2, 0) is 9.53 Å². The van der Waals surface area contributed by atoms with Crippen LogP contribution in [0.4, 0.5) is 0 Å². The first-order valence-corrected chi connectivity index (χ1v) is 8.06. The van der Waals surface area contributed by atoms with Crippen molar-refractivity contribution in [2.45, 2.75) is 63.0 Å². The number of aromatic nitrogens is 2. The zero-order valence-corrected chi connectivity index (χ0v) is 12.2. The van der Waals surface area contributed by atoms with Gasteiger partial charge in [-0.1, -0.05) is 5.16 Å². The summed E-state index contributed by atoms with van der Waals surface area (Å²) < 4.78 is 10.9. The maximum absolute atomic E-state index is 12.5. The molecule has 3 heterocycles. The molecule has 2 atom stereocenters. The van der Waals surface area contributed by atoms with Crippen LogP contribution in [0.25, 0.3) is 0 Å². The summed E-state index contributed by atoms with van der Waals surface area (Å²) in [6.07, 6.45) is 6.89. The second-order valence-electron chi connectivity index (χ2n) is 6.35. The number of nitrogens with zero attached hydrogens (tertiary/aromatic N) is 3. The summed E-state index contributed by atoms with van der Waals surface area (Å²) in [7, 11) is 0. The lowest BCUT2D eigenvalue weighted by molar-refractivity contribution is -0.134. The van der Waals surface area contributed by atoms with Crippen LogP contribution >= 0.6 is 0 Å². The number of hydrogen-bond donors (Lipinski definition) is 0. The Kier molecular flexibility index (Phi) is 3.41. The van der Waals surface area contributed by atoms with Crippen molar-refractivity contribution < 1.29 is 14.1 Å². The summed E-state index contributed by atoms with van der Waals surface area (Å²) in [6, 6.07) is -0.00449. The zero-order chi connectivity index (χ0) is 14.2. The highest BCUT2D eigenvalue weighted by molar-refractivity contribution is 5.77. The minimum absolute atomic E-state index is 0.00449. The van der Waals surface area contributed by atoms with Crippen LogP contribution in [0, 0.1) is 0 Å². The standard InChI is InChI=1S/C15H21N3O3/c19-13(9-11-3-2-8-20-11)18-7-1-4-12(18)14-16-15(21-17-14)10-5-6-10/h10-12H,1-9H2/t11-,12+/m1/s1. The number of rotatable bonds is 4. The molecule has 1 amide bonds. The lowest BCUT2D eigenvalue weighted by Crippen LogP contribution is -2.33. The van der Waals surface area contributed by atoms with Gasteiger partial charge in [-0.2, -0.15) is 4.98 Å². The molecular formula is C15H21N3O3. The quantitative estimate of drug-likeness (QED) is 0.850. The molecule has 1 aliphatic carbocycles. The van der Waals surface area contributed by atoms with E-state index in [1.165, 1.54) is 0 Å². The Balaban J connectivity index is 1.44. The van der Waals surface area contributed by atoms with E-state index in [4.69, 9.17) is 9.26 Å². The van der Waals surface area contributed by atoms with Crippen molar-refractivity contribution >= 4 is 5.91 Å². The third-order valence-electron chi connectivity index (χ3n) is 4.68. The number of ether oxygens (including phenoxy) is 1. The molecule has 3 fully saturated rings. The molecule has 1 saturated carbocycles. The van der Waals surface area contributed by atoms with Gasteiger partial charge in [0.2, 0.25) is 11.8 Å². The van der Waals surface area contributed by atoms with E-state index < -0.39 is 0 Å². The first-order chi connectivity index (χ1) is 10.3. The van der Waals surface area contributed by atoms with Gasteiger partial charge in [-0.15, -0.1) is 0 Å². The molecule has 0 N–H and O–H groups in total. The van der Waals surface area contributed by atoms with E-state index in [0.29, 0.717) is 18.2 Å². The highest BCUT2D eigenvalue weighted by atomic mass is 16.5. The molecule has 4 rings (SSSR count). The highest BCUT2D eigenvalue weighted by Gasteiger charge is 2.36. The predicted molar refractivity (Wildman–Crippen MR) is 73.6 cm³/mol. The zero-order valence-electron chi connectivity index (χ0n) is 12.2. The molecule has 1 aromatic heterocycles. The maximum Gasteiger partial charge on any atom is 0.229 e. The molecule has 0 aromatic carbocycles. The van der Waals surface area contributed by atoms with Gasteiger partial charge < -0.3 is 14.2 Å². The Bertz CT molecular complexity index is 520. The minimum atomic E-state index is -0.00449. The Hall–Kier alpha value is -1.43. The Morgan fingerprint density at radius 2 is 2.14 bits per heavy atom. The van der Waals surface area contributed by atoms with Crippen LogP contribution in [0.15, 0.2) is 4.52 Å². The maximum atomic E-state index is 12.5. The molecule has 0 bridgehead atoms. The SMILES string of the molecule is O=C(C[C@H]1CCCO1)N1CCC[C@H]1c1noc(C2CC2)n1. The molecular weight excluding hydrogens is 270 g/mol. The molecule has 2 aliphatic heterocycles. The summed E-state index contributed by atoms with van der Waals surface area (Å²) in [5.41, 5.74) is 0. The van der Waals surface area contributed by atoms with Gasteiger partial charge in [0.25, 0.3) is 0 Å². The smallest absolute Gasteiger partial charge is 0.229 e. The van der Waals surface area contributed by atoms with Crippen molar-refractivity contribution in [2.24, 2.45) is 0 Å². The van der Waals surface area contributed by atoms with Crippen molar-refractivity contribution in [2.75, 3.05) is 13.2 Å². The van der Waals surface area contributed by atoms with Crippen LogP contribution in [-0.4, -0.2) is 40.2 Å². The minimum Gasteiger partial charge on any atom is -0.378 e. The van der Waals surface area contributed by atoms with E-state index in [1.807, 2.05) is 4.90 Å². The van der Waals surface area contributed by atoms with Crippen molar-refractivity contribution in [1.82, 2.24) is 15.0 Å². The fourth-order valence-corrected chi connectivity index (χ4v) is 3.33. The number of carbonyl (C=O) groups excluding carboxylic acids is 1. The van der Waals surface area contributed by atoms with Gasteiger partial charge in [0, 0.05) is 19.1 Å². The Morgan fingerprint density at radius 1 is 1.24 bits per heavy atom. The van der Waals surface area contributed by atoms with Gasteiger partial charge in [0.15, 0.2) is 5.82 Å². The van der Waals surface area contributed by atoms with Gasteiger partial charge in [-0.05, 0) is 38.5 Å². The van der Waals surface area contributed by atoms with E-state index in [1.54, 1.807) is 0 Å². The van der Waals surface area contributed by atoms with E-state index >= 15 is 0 Å². The topological polar surface area (TPSA) is 68.5 Å². The predicted octanol–water partition coefficient (Wildman–Crippen LogP) is 2.18. The second kappa shape index (κ2) is 5.40. The third-order valence-corrected chi connectivity index (χ3v) is 4.68. The van der Waals surface area contributed by atoms with Gasteiger partial charge in [0.1, 0.15) is 0 Å². The van der Waals surface area contributed by atoms with Crippen LogP contribution in [0.5, 0.6) is 0 Å². The van der Waals surface area contributed by atoms with Crippen molar-refractivity contribution in [3.05, 3.63) is 11.7 Å². The first-order valence-electron chi connectivity index (χ1n) is 8.06. The average molecular weight is 291 g/mol. The molecule has 6 heteroatoms. The normalized spacial score (nSPS) is 29.2. The monoisotopic (exact) mass is 291 g/mol. The largest absolute Gasteiger partial charge is 0.378 e. The van der Waals surface area contributed by atoms with Gasteiger partial charge in [0.05, 0.1) is 18.6 Å². The molecule has 114 valence electrons. The summed E-state index contributed by atoms with van der Waals surface area (Å²) in [5, 5.41) is 4.11. The molecule has 21 heavy (non-hydrogen) atoms. The van der Waals surface area contributed by atoms with Crippen molar-refractivity contribution in [3.8, 4) is 0 Å². The fourth-order valence-electron chi connectivity index (χ4n) is 3.33. The summed E-state index contributed by atoms with van der Waals surface area (Å²) in [5.74, 6) is 2.07. The molecule has 0 unspecified atom stereocenters. The van der Waals surface area contributed by atoms with Gasteiger partial charge in [-0.25, -0.2) is 0 Å². The van der Waals surface area contributed by atoms with E-state index in [9.17, 15) is 4.79 Å². The molecule has 2 saturated heterocycles. The fraction of sp³-hybridized carbons (Fsp3) is 0.800. The molecule has 6 nitrogen and oxygen atoms in total. The first kappa shape index (κ1) is 13.2. The van der Waals surface area contributed by atoms with Crippen LogP contribution in [0.1, 0.15) is 68.6 Å². The molecule has 0 spiro atoms. The Labute approximate surface area is 123 Å². The number of likely N-dealkylation sites (tertiary alicyclic amines) is 1.